The van der Waals surface area contributed by atoms with Crippen LogP contribution in [0.15, 0.2) is 30.6 Å². The van der Waals surface area contributed by atoms with E-state index < -0.39 is 0 Å². The summed E-state index contributed by atoms with van der Waals surface area (Å²) >= 11 is 6.03. The molecule has 0 spiro atoms. The first kappa shape index (κ1) is 23.5. The van der Waals surface area contributed by atoms with Gasteiger partial charge in [0, 0.05) is 31.4 Å². The molecule has 0 bridgehead atoms. The van der Waals surface area contributed by atoms with E-state index in [2.05, 4.69) is 42.0 Å². The van der Waals surface area contributed by atoms with Gasteiger partial charge in [0.1, 0.15) is 11.6 Å². The molecule has 0 unspecified atom stereocenters. The Bertz CT molecular complexity index is 862. The average molecular weight is 443 g/mol. The standard InChI is InChI=1S/C25H35ClN4O/c1-17(2)16-30(22-8-6-5-7-9-22)25-23(29-24-11-10-21(26)15-27-24)13-20(14-28-25)18(3)12-19(4)31/h10-11,13-15,17-18,22H,5-9,12,16H2,1-4H3,(H,27,29)/t18-/m1/s1. The minimum Gasteiger partial charge on any atom is -0.352 e. The van der Waals surface area contributed by atoms with E-state index in [-0.39, 0.29) is 11.7 Å². The molecule has 1 aliphatic rings. The molecule has 2 heterocycles. The van der Waals surface area contributed by atoms with Crippen LogP contribution in [0.4, 0.5) is 17.3 Å². The lowest BCUT2D eigenvalue weighted by atomic mass is 9.93. The molecular formula is C25H35ClN4O. The van der Waals surface area contributed by atoms with Gasteiger partial charge in [-0.2, -0.15) is 0 Å². The van der Waals surface area contributed by atoms with Crippen molar-refractivity contribution in [1.82, 2.24) is 9.97 Å². The van der Waals surface area contributed by atoms with Gasteiger partial charge in [-0.05, 0) is 55.4 Å². The Morgan fingerprint density at radius 1 is 1.16 bits per heavy atom. The first-order valence-electron chi connectivity index (χ1n) is 11.5. The van der Waals surface area contributed by atoms with Crippen LogP contribution in [0.2, 0.25) is 5.02 Å². The van der Waals surface area contributed by atoms with Gasteiger partial charge in [-0.15, -0.1) is 0 Å². The Morgan fingerprint density at radius 2 is 1.90 bits per heavy atom. The summed E-state index contributed by atoms with van der Waals surface area (Å²) in [6.07, 6.45) is 10.4. The summed E-state index contributed by atoms with van der Waals surface area (Å²) < 4.78 is 0. The van der Waals surface area contributed by atoms with Crippen LogP contribution < -0.4 is 10.2 Å². The molecule has 1 fully saturated rings. The minimum absolute atomic E-state index is 0.117. The van der Waals surface area contributed by atoms with Crippen molar-refractivity contribution in [1.29, 1.82) is 0 Å². The van der Waals surface area contributed by atoms with Crippen LogP contribution in [0.1, 0.15) is 77.7 Å². The number of hydrogen-bond donors (Lipinski definition) is 1. The maximum absolute atomic E-state index is 11.7. The van der Waals surface area contributed by atoms with Gasteiger partial charge < -0.3 is 15.0 Å². The predicted molar refractivity (Wildman–Crippen MR) is 130 cm³/mol. The fraction of sp³-hybridized carbons (Fsp3) is 0.560. The number of nitrogens with zero attached hydrogens (tertiary/aromatic N) is 3. The number of anilines is 3. The van der Waals surface area contributed by atoms with E-state index in [4.69, 9.17) is 16.6 Å². The van der Waals surface area contributed by atoms with Crippen molar-refractivity contribution in [3.05, 3.63) is 41.2 Å². The lowest BCUT2D eigenvalue weighted by Crippen LogP contribution is -2.40. The van der Waals surface area contributed by atoms with Crippen LogP contribution in [0.5, 0.6) is 0 Å². The lowest BCUT2D eigenvalue weighted by molar-refractivity contribution is -0.117. The van der Waals surface area contributed by atoms with Crippen molar-refractivity contribution in [2.24, 2.45) is 5.92 Å². The number of rotatable bonds is 9. The zero-order valence-corrected chi connectivity index (χ0v) is 20.0. The Morgan fingerprint density at radius 3 is 2.52 bits per heavy atom. The highest BCUT2D eigenvalue weighted by atomic mass is 35.5. The van der Waals surface area contributed by atoms with Crippen molar-refractivity contribution in [2.75, 3.05) is 16.8 Å². The third-order valence-electron chi connectivity index (χ3n) is 5.89. The molecular weight excluding hydrogens is 408 g/mol. The monoisotopic (exact) mass is 442 g/mol. The van der Waals surface area contributed by atoms with Crippen molar-refractivity contribution in [3.63, 3.8) is 0 Å². The molecule has 0 aliphatic heterocycles. The number of halogens is 1. The number of carbonyl (C=O) groups is 1. The van der Waals surface area contributed by atoms with E-state index in [1.807, 2.05) is 18.3 Å². The number of ketones is 1. The summed E-state index contributed by atoms with van der Waals surface area (Å²) in [6, 6.07) is 6.36. The van der Waals surface area contributed by atoms with E-state index in [9.17, 15) is 4.79 Å². The van der Waals surface area contributed by atoms with Crippen LogP contribution in [0, 0.1) is 5.92 Å². The second kappa shape index (κ2) is 10.9. The molecule has 0 radical (unpaired) electrons. The number of carbonyl (C=O) groups excluding carboxylic acids is 1. The average Bonchev–Trinajstić information content (AvgIpc) is 2.74. The Labute approximate surface area is 191 Å². The summed E-state index contributed by atoms with van der Waals surface area (Å²) in [5.74, 6) is 2.54. The van der Waals surface area contributed by atoms with Crippen LogP contribution in [-0.4, -0.2) is 28.3 Å². The molecule has 1 atom stereocenters. The summed E-state index contributed by atoms with van der Waals surface area (Å²) in [7, 11) is 0. The topological polar surface area (TPSA) is 58.1 Å². The maximum atomic E-state index is 11.7. The van der Waals surface area contributed by atoms with E-state index >= 15 is 0 Å². The number of pyridine rings is 2. The van der Waals surface area contributed by atoms with Crippen molar-refractivity contribution in [2.45, 2.75) is 78.2 Å². The zero-order chi connectivity index (χ0) is 22.4. The van der Waals surface area contributed by atoms with Crippen molar-refractivity contribution >= 4 is 34.7 Å². The molecule has 31 heavy (non-hydrogen) atoms. The van der Waals surface area contributed by atoms with Gasteiger partial charge in [-0.25, -0.2) is 9.97 Å². The van der Waals surface area contributed by atoms with E-state index in [1.165, 1.54) is 32.1 Å². The molecule has 6 heteroatoms. The zero-order valence-electron chi connectivity index (χ0n) is 19.2. The Balaban J connectivity index is 2.00. The minimum atomic E-state index is 0.117. The van der Waals surface area contributed by atoms with Gasteiger partial charge in [0.2, 0.25) is 0 Å². The fourth-order valence-corrected chi connectivity index (χ4v) is 4.51. The fourth-order valence-electron chi connectivity index (χ4n) is 4.40. The van der Waals surface area contributed by atoms with Gasteiger partial charge in [-0.1, -0.05) is 51.6 Å². The summed E-state index contributed by atoms with van der Waals surface area (Å²) in [5.41, 5.74) is 2.00. The smallest absolute Gasteiger partial charge is 0.152 e. The molecule has 168 valence electrons. The maximum Gasteiger partial charge on any atom is 0.152 e. The Kier molecular flexibility index (Phi) is 8.30. The largest absolute Gasteiger partial charge is 0.352 e. The lowest BCUT2D eigenvalue weighted by Gasteiger charge is -2.37. The molecule has 0 saturated heterocycles. The van der Waals surface area contributed by atoms with Crippen LogP contribution in [-0.2, 0) is 4.79 Å². The SMILES string of the molecule is CC(=O)C[C@@H](C)c1cnc(N(CC(C)C)C2CCCCC2)c(Nc2ccc(Cl)cn2)c1. The number of Topliss-reactive ketones (excluding diaryl/α,β-unsaturated/α-hetero) is 1. The van der Waals surface area contributed by atoms with E-state index in [0.717, 1.165) is 29.4 Å². The van der Waals surface area contributed by atoms with Gasteiger partial charge in [0.05, 0.1) is 10.7 Å². The summed E-state index contributed by atoms with van der Waals surface area (Å²) in [6.45, 7) is 9.20. The second-order valence-electron chi connectivity index (χ2n) is 9.27. The summed E-state index contributed by atoms with van der Waals surface area (Å²) in [4.78, 5) is 23.5. The van der Waals surface area contributed by atoms with Crippen LogP contribution in [0.3, 0.4) is 0 Å². The third-order valence-corrected chi connectivity index (χ3v) is 6.11. The molecule has 1 N–H and O–H groups in total. The van der Waals surface area contributed by atoms with E-state index in [0.29, 0.717) is 23.4 Å². The van der Waals surface area contributed by atoms with Crippen LogP contribution >= 0.6 is 11.6 Å². The number of aromatic nitrogens is 2. The molecule has 5 nitrogen and oxygen atoms in total. The second-order valence-corrected chi connectivity index (χ2v) is 9.71. The van der Waals surface area contributed by atoms with Gasteiger partial charge in [-0.3, -0.25) is 0 Å². The molecule has 0 amide bonds. The normalized spacial score (nSPS) is 15.7. The molecule has 2 aromatic rings. The molecule has 3 rings (SSSR count). The first-order valence-corrected chi connectivity index (χ1v) is 11.9. The highest BCUT2D eigenvalue weighted by molar-refractivity contribution is 6.30. The van der Waals surface area contributed by atoms with E-state index in [1.54, 1.807) is 13.1 Å². The highest BCUT2D eigenvalue weighted by Gasteiger charge is 2.26. The van der Waals surface area contributed by atoms with Crippen LogP contribution in [0.25, 0.3) is 0 Å². The van der Waals surface area contributed by atoms with Gasteiger partial charge in [0.15, 0.2) is 5.82 Å². The third kappa shape index (κ3) is 6.67. The highest BCUT2D eigenvalue weighted by Crippen LogP contribution is 2.35. The molecule has 1 saturated carbocycles. The first-order chi connectivity index (χ1) is 14.8. The molecule has 2 aromatic heterocycles. The predicted octanol–water partition coefficient (Wildman–Crippen LogP) is 6.75. The van der Waals surface area contributed by atoms with Crippen molar-refractivity contribution < 1.29 is 4.79 Å². The molecule has 0 aromatic carbocycles. The summed E-state index contributed by atoms with van der Waals surface area (Å²) in [5, 5.41) is 4.09. The quantitative estimate of drug-likeness (QED) is 0.465. The molecule has 1 aliphatic carbocycles. The number of nitrogens with one attached hydrogen (secondary N) is 1. The Hall–Kier alpha value is -2.14. The van der Waals surface area contributed by atoms with Crippen molar-refractivity contribution in [3.8, 4) is 0 Å². The number of hydrogen-bond acceptors (Lipinski definition) is 5. The van der Waals surface area contributed by atoms with Gasteiger partial charge >= 0.3 is 0 Å². The van der Waals surface area contributed by atoms with Gasteiger partial charge in [0.25, 0.3) is 0 Å².